The first-order chi connectivity index (χ1) is 31.5. The summed E-state index contributed by atoms with van der Waals surface area (Å²) in [7, 11) is 0. The number of nitrogens with zero attached hydrogens (tertiary/aromatic N) is 4. The Bertz CT molecular complexity index is 2640. The number of anilines is 6. The van der Waals surface area contributed by atoms with E-state index in [1.807, 2.05) is 48.5 Å². The standard InChI is InChI=1S/C59H56N4O2/c1-41-31-53(62(49-19-11-7-12-20-49)50-21-13-8-14-22-50)32-42(2)57(41)45-27-29-47(55(64)35-45)37-60-39-59(5,6)40-61-38-48-30-28-46(36-56(48)65)58-43(3)33-54(34-44(58)4)63(51-23-15-9-16-24-51)52-25-17-10-18-26-52/h7-38,64-65H,39-40H2,1-6H3/b60-37+,61-38+. The van der Waals surface area contributed by atoms with Crippen LogP contribution in [0.5, 0.6) is 11.5 Å². The molecule has 0 radical (unpaired) electrons. The van der Waals surface area contributed by atoms with Gasteiger partial charge in [0, 0.05) is 76.2 Å². The molecule has 0 spiro atoms. The molecule has 0 aliphatic carbocycles. The number of hydrogen-bond donors (Lipinski definition) is 2. The molecule has 2 N–H and O–H groups in total. The summed E-state index contributed by atoms with van der Waals surface area (Å²) in [4.78, 5) is 14.0. The Morgan fingerprint density at radius 2 is 0.692 bits per heavy atom. The van der Waals surface area contributed by atoms with E-state index >= 15 is 0 Å². The number of phenolic OH excluding ortho intramolecular Hbond substituents is 2. The second kappa shape index (κ2) is 19.4. The SMILES string of the molecule is Cc1cc(N(c2ccccc2)c2ccccc2)cc(C)c1-c1ccc(/C=N/CC(C)(C)C/N=C/c2ccc(-c3c(C)cc(N(c4ccccc4)c4ccccc4)cc3C)cc2O)c(O)c1. The van der Waals surface area contributed by atoms with E-state index in [0.29, 0.717) is 24.2 Å². The third-order valence-electron chi connectivity index (χ3n) is 11.7. The number of phenols is 2. The molecule has 0 unspecified atom stereocenters. The van der Waals surface area contributed by atoms with Crippen LogP contribution in [0.15, 0.2) is 192 Å². The molecule has 65 heavy (non-hydrogen) atoms. The maximum Gasteiger partial charge on any atom is 0.124 e. The molecule has 8 rings (SSSR count). The maximum atomic E-state index is 11.2. The van der Waals surface area contributed by atoms with Crippen molar-refractivity contribution in [3.8, 4) is 33.8 Å². The Hall–Kier alpha value is -7.70. The van der Waals surface area contributed by atoms with E-state index < -0.39 is 0 Å². The smallest absolute Gasteiger partial charge is 0.124 e. The zero-order valence-corrected chi connectivity index (χ0v) is 38.1. The summed E-state index contributed by atoms with van der Waals surface area (Å²) in [5, 5.41) is 22.4. The Balaban J connectivity index is 0.922. The fraction of sp³-hybridized carbons (Fsp3) is 0.153. The molecule has 6 heteroatoms. The number of aryl methyl sites for hydroxylation is 4. The first-order valence-corrected chi connectivity index (χ1v) is 22.2. The van der Waals surface area contributed by atoms with Gasteiger partial charge < -0.3 is 20.0 Å². The second-order valence-corrected chi connectivity index (χ2v) is 17.6. The molecule has 8 aromatic rings. The minimum atomic E-state index is -0.259. The van der Waals surface area contributed by atoms with Gasteiger partial charge >= 0.3 is 0 Å². The first kappa shape index (κ1) is 43.9. The summed E-state index contributed by atoms with van der Waals surface area (Å²) < 4.78 is 0. The van der Waals surface area contributed by atoms with Crippen LogP contribution in [0, 0.1) is 33.1 Å². The molecule has 0 bridgehead atoms. The highest BCUT2D eigenvalue weighted by Gasteiger charge is 2.20. The molecule has 8 aromatic carbocycles. The third kappa shape index (κ3) is 10.1. The normalized spacial score (nSPS) is 11.7. The highest BCUT2D eigenvalue weighted by molar-refractivity contribution is 5.88. The molecular weight excluding hydrogens is 797 g/mol. The van der Waals surface area contributed by atoms with Gasteiger partial charge in [0.2, 0.25) is 0 Å². The molecule has 6 nitrogen and oxygen atoms in total. The number of benzene rings is 8. The zero-order valence-electron chi connectivity index (χ0n) is 38.1. The van der Waals surface area contributed by atoms with E-state index in [-0.39, 0.29) is 16.9 Å². The molecule has 0 aliphatic heterocycles. The Kier molecular flexibility index (Phi) is 13.1. The molecule has 0 heterocycles. The molecule has 0 fully saturated rings. The van der Waals surface area contributed by atoms with Crippen molar-refractivity contribution in [1.82, 2.24) is 0 Å². The lowest BCUT2D eigenvalue weighted by molar-refractivity contribution is 0.396. The van der Waals surface area contributed by atoms with Crippen LogP contribution in [0.2, 0.25) is 0 Å². The van der Waals surface area contributed by atoms with Crippen molar-refractivity contribution in [2.45, 2.75) is 41.5 Å². The predicted octanol–water partition coefficient (Wildman–Crippen LogP) is 15.2. The summed E-state index contributed by atoms with van der Waals surface area (Å²) in [6.07, 6.45) is 3.49. The largest absolute Gasteiger partial charge is 0.507 e. The Morgan fingerprint density at radius 3 is 0.969 bits per heavy atom. The van der Waals surface area contributed by atoms with Gasteiger partial charge in [-0.15, -0.1) is 0 Å². The lowest BCUT2D eigenvalue weighted by Crippen LogP contribution is -2.19. The summed E-state index contributed by atoms with van der Waals surface area (Å²) in [6.45, 7) is 13.8. The molecule has 0 aliphatic rings. The summed E-state index contributed by atoms with van der Waals surface area (Å²) in [6, 6.07) is 62.1. The van der Waals surface area contributed by atoms with E-state index in [2.05, 4.69) is 185 Å². The summed E-state index contributed by atoms with van der Waals surface area (Å²) in [5.41, 5.74) is 16.2. The zero-order chi connectivity index (χ0) is 45.5. The van der Waals surface area contributed by atoms with Crippen molar-refractivity contribution in [1.29, 1.82) is 0 Å². The van der Waals surface area contributed by atoms with Gasteiger partial charge in [-0.25, -0.2) is 0 Å². The van der Waals surface area contributed by atoms with Gasteiger partial charge in [0.15, 0.2) is 0 Å². The average Bonchev–Trinajstić information content (AvgIpc) is 3.29. The lowest BCUT2D eigenvalue weighted by atomic mass is 9.93. The van der Waals surface area contributed by atoms with Crippen molar-refractivity contribution in [3.63, 3.8) is 0 Å². The topological polar surface area (TPSA) is 71.7 Å². The highest BCUT2D eigenvalue weighted by atomic mass is 16.3. The highest BCUT2D eigenvalue weighted by Crippen LogP contribution is 2.41. The molecule has 0 atom stereocenters. The van der Waals surface area contributed by atoms with Crippen molar-refractivity contribution >= 4 is 46.6 Å². The number of para-hydroxylation sites is 4. The van der Waals surface area contributed by atoms with Crippen LogP contribution < -0.4 is 9.80 Å². The molecule has 0 saturated carbocycles. The van der Waals surface area contributed by atoms with Gasteiger partial charge in [-0.2, -0.15) is 0 Å². The van der Waals surface area contributed by atoms with Crippen LogP contribution in [-0.2, 0) is 0 Å². The summed E-state index contributed by atoms with van der Waals surface area (Å²) in [5.74, 6) is 0.364. The minimum absolute atomic E-state index is 0.182. The fourth-order valence-electron chi connectivity index (χ4n) is 8.70. The van der Waals surface area contributed by atoms with Crippen LogP contribution in [-0.4, -0.2) is 35.7 Å². The van der Waals surface area contributed by atoms with E-state index in [1.165, 1.54) is 0 Å². The molecule has 0 aromatic heterocycles. The van der Waals surface area contributed by atoms with Crippen molar-refractivity contribution in [2.75, 3.05) is 22.9 Å². The average molecular weight is 853 g/mol. The number of rotatable bonds is 14. The van der Waals surface area contributed by atoms with Gasteiger partial charge in [0.05, 0.1) is 0 Å². The number of hydrogen-bond acceptors (Lipinski definition) is 6. The van der Waals surface area contributed by atoms with Crippen molar-refractivity contribution < 1.29 is 10.2 Å². The Morgan fingerprint density at radius 1 is 0.400 bits per heavy atom. The number of aromatic hydroxyl groups is 2. The van der Waals surface area contributed by atoms with Gasteiger partial charge in [-0.3, -0.25) is 9.98 Å². The Labute approximate surface area is 384 Å². The summed E-state index contributed by atoms with van der Waals surface area (Å²) >= 11 is 0. The molecule has 0 amide bonds. The fourth-order valence-corrected chi connectivity index (χ4v) is 8.70. The molecule has 324 valence electrons. The second-order valence-electron chi connectivity index (χ2n) is 17.6. The van der Waals surface area contributed by atoms with Crippen molar-refractivity contribution in [2.24, 2.45) is 15.4 Å². The maximum absolute atomic E-state index is 11.2. The third-order valence-corrected chi connectivity index (χ3v) is 11.7. The number of aliphatic imine (C=N–C) groups is 2. The minimum Gasteiger partial charge on any atom is -0.507 e. The van der Waals surface area contributed by atoms with Gasteiger partial charge in [-0.05, 0) is 169 Å². The van der Waals surface area contributed by atoms with Gasteiger partial charge in [0.25, 0.3) is 0 Å². The van der Waals surface area contributed by atoms with Crippen LogP contribution >= 0.6 is 0 Å². The molecule has 0 saturated heterocycles. The van der Waals surface area contributed by atoms with Gasteiger partial charge in [-0.1, -0.05) is 98.8 Å². The van der Waals surface area contributed by atoms with E-state index in [4.69, 9.17) is 9.98 Å². The monoisotopic (exact) mass is 852 g/mol. The van der Waals surface area contributed by atoms with E-state index in [9.17, 15) is 10.2 Å². The first-order valence-electron chi connectivity index (χ1n) is 22.2. The van der Waals surface area contributed by atoms with Gasteiger partial charge in [0.1, 0.15) is 11.5 Å². The van der Waals surface area contributed by atoms with E-state index in [1.54, 1.807) is 12.4 Å². The lowest BCUT2D eigenvalue weighted by Gasteiger charge is -2.27. The van der Waals surface area contributed by atoms with E-state index in [0.717, 1.165) is 78.6 Å². The molecular formula is C59H56N4O2. The predicted molar refractivity (Wildman–Crippen MR) is 274 cm³/mol. The van der Waals surface area contributed by atoms with Crippen LogP contribution in [0.25, 0.3) is 22.3 Å². The quantitative estimate of drug-likeness (QED) is 0.107. The van der Waals surface area contributed by atoms with Crippen LogP contribution in [0.1, 0.15) is 47.2 Å². The van der Waals surface area contributed by atoms with Crippen LogP contribution in [0.4, 0.5) is 34.1 Å². The van der Waals surface area contributed by atoms with Crippen LogP contribution in [0.3, 0.4) is 0 Å². The van der Waals surface area contributed by atoms with Crippen molar-refractivity contribution in [3.05, 3.63) is 215 Å².